The van der Waals surface area contributed by atoms with Crippen molar-refractivity contribution in [2.75, 3.05) is 19.6 Å². The van der Waals surface area contributed by atoms with E-state index in [4.69, 9.17) is 26.2 Å². The lowest BCUT2D eigenvalue weighted by atomic mass is 9.76. The molecule has 0 spiro atoms. The summed E-state index contributed by atoms with van der Waals surface area (Å²) in [4.78, 5) is 64.4. The Morgan fingerprint density at radius 3 is 2.02 bits per heavy atom. The molecule has 6 atom stereocenters. The second-order valence-corrected chi connectivity index (χ2v) is 20.7. The molecular formula is C34H53N3O11Si3. The highest BCUT2D eigenvalue weighted by molar-refractivity contribution is 6.80. The maximum absolute atomic E-state index is 12.6. The van der Waals surface area contributed by atoms with Crippen molar-refractivity contribution < 1.29 is 50.2 Å². The van der Waals surface area contributed by atoms with Gasteiger partial charge >= 0.3 is 32.5 Å². The minimum Gasteiger partial charge on any atom is -0.415 e. The van der Waals surface area contributed by atoms with E-state index in [1.807, 2.05) is 31.2 Å². The van der Waals surface area contributed by atoms with Gasteiger partial charge in [0.2, 0.25) is 12.2 Å². The zero-order chi connectivity index (χ0) is 38.1. The quantitative estimate of drug-likeness (QED) is 0.0385. The summed E-state index contributed by atoms with van der Waals surface area (Å²) in [6.07, 6.45) is 13.9. The number of hydrogen-bond donors (Lipinski definition) is 3. The van der Waals surface area contributed by atoms with E-state index in [1.54, 1.807) is 39.0 Å². The summed E-state index contributed by atoms with van der Waals surface area (Å²) in [6.45, 7) is 19.2. The largest absolute Gasteiger partial charge is 0.491 e. The molecule has 2 rings (SSSR count). The first-order chi connectivity index (χ1) is 24.1. The van der Waals surface area contributed by atoms with Crippen molar-refractivity contribution in [2.45, 2.75) is 97.2 Å². The van der Waals surface area contributed by atoms with Gasteiger partial charge in [0.25, 0.3) is 0 Å². The maximum Gasteiger partial charge on any atom is 0.491 e. The lowest BCUT2D eigenvalue weighted by molar-refractivity contribution is -0.0214. The van der Waals surface area contributed by atoms with Crippen molar-refractivity contribution in [3.63, 3.8) is 0 Å². The van der Waals surface area contributed by atoms with Crippen molar-refractivity contribution in [1.82, 2.24) is 5.32 Å². The maximum atomic E-state index is 12.6. The van der Waals surface area contributed by atoms with Gasteiger partial charge in [-0.25, -0.2) is 24.4 Å². The van der Waals surface area contributed by atoms with Crippen LogP contribution >= 0.6 is 0 Å². The Hall–Kier alpha value is -3.16. The summed E-state index contributed by atoms with van der Waals surface area (Å²) >= 11 is 0. The number of nitrogens with one attached hydrogen (secondary N) is 1. The van der Waals surface area contributed by atoms with Crippen LogP contribution in [0.4, 0.5) is 4.79 Å². The summed E-state index contributed by atoms with van der Waals surface area (Å²) in [5.41, 5.74) is 1.62. The predicted octanol–water partition coefficient (Wildman–Crippen LogP) is 5.34. The number of aliphatic imine (C=N–C) groups is 2. The SMILES string of the molecule is C=C/C=C\C(=C/C)C(C)(C)/C(C=C)=C/C=C(\C)OC(=O)NCCC[Si]1(O)OC(C)C2O[Si](CCCN=C=O)(O[Si](O)(CCCN=C=O)OC2C)O1. The Bertz CT molecular complexity index is 1440. The molecule has 2 fully saturated rings. The zero-order valence-corrected chi connectivity index (χ0v) is 33.5. The molecule has 14 nitrogen and oxygen atoms in total. The average molecular weight is 764 g/mol. The van der Waals surface area contributed by atoms with Gasteiger partial charge < -0.3 is 41.2 Å². The number of amides is 1. The molecule has 2 heterocycles. The Balaban J connectivity index is 2.15. The molecule has 3 N–H and O–H groups in total. The van der Waals surface area contributed by atoms with Gasteiger partial charge in [0, 0.05) is 30.1 Å². The fourth-order valence-corrected chi connectivity index (χ4v) is 17.0. The first-order valence-electron chi connectivity index (χ1n) is 17.0. The van der Waals surface area contributed by atoms with Crippen LogP contribution in [-0.2, 0) is 35.8 Å². The number of hydrogen-bond acceptors (Lipinski definition) is 13. The van der Waals surface area contributed by atoms with Crippen LogP contribution in [0.15, 0.2) is 82.6 Å². The highest BCUT2D eigenvalue weighted by atomic mass is 28.5. The van der Waals surface area contributed by atoms with Crippen molar-refractivity contribution >= 4 is 44.7 Å². The number of rotatable bonds is 19. The van der Waals surface area contributed by atoms with Gasteiger partial charge in [0.05, 0.1) is 31.4 Å². The number of carbonyl (C=O) groups is 1. The number of allylic oxidation sites excluding steroid dienone is 10. The van der Waals surface area contributed by atoms with Crippen LogP contribution in [-0.4, -0.2) is 92.2 Å². The first kappa shape index (κ1) is 44.0. The van der Waals surface area contributed by atoms with E-state index in [2.05, 4.69) is 42.3 Å². The third kappa shape index (κ3) is 13.7. The summed E-state index contributed by atoms with van der Waals surface area (Å²) < 4.78 is 36.6. The van der Waals surface area contributed by atoms with Crippen molar-refractivity contribution in [1.29, 1.82) is 0 Å². The molecule has 0 radical (unpaired) electrons. The topological polar surface area (TPSA) is 184 Å². The van der Waals surface area contributed by atoms with Gasteiger partial charge in [-0.15, -0.1) is 0 Å². The van der Waals surface area contributed by atoms with Crippen LogP contribution in [0.25, 0.3) is 0 Å². The Kier molecular flexibility index (Phi) is 17.9. The number of alkyl carbamates (subject to hydrolysis) is 1. The van der Waals surface area contributed by atoms with E-state index in [-0.39, 0.29) is 62.4 Å². The number of nitrogens with zero attached hydrogens (tertiary/aromatic N) is 2. The van der Waals surface area contributed by atoms with E-state index in [9.17, 15) is 24.0 Å². The lowest BCUT2D eigenvalue weighted by Gasteiger charge is -2.36. The van der Waals surface area contributed by atoms with E-state index in [0.717, 1.165) is 11.1 Å². The number of fused-ring (bicyclic) bond motifs is 2. The van der Waals surface area contributed by atoms with Crippen molar-refractivity contribution in [2.24, 2.45) is 15.4 Å². The number of ether oxygens (including phenoxy) is 1. The standard InChI is InChI=1S/C34H53N3O11Si3/c1-9-12-16-30(10-2)34(7,8)31(11-3)18-17-27(4)43-33(40)37-21-15-23-50(42)45-29(6)32-28(5)44-49(41,22-13-19-35-25-38)47-51(46-32,48-50)24-14-20-36-26-39/h9-12,16-18,28-29,32,41-42H,1,3,13-15,19-24H2,2,4-8H3,(H,37,40)/b16-12-,27-17+,30-10+,31-18+. The molecule has 0 aromatic rings. The molecule has 2 saturated heterocycles. The summed E-state index contributed by atoms with van der Waals surface area (Å²) in [5.74, 6) is 0.360. The van der Waals surface area contributed by atoms with Crippen LogP contribution in [0.5, 0.6) is 0 Å². The third-order valence-corrected chi connectivity index (χ3v) is 18.4. The second kappa shape index (κ2) is 20.8. The zero-order valence-electron chi connectivity index (χ0n) is 30.5. The van der Waals surface area contributed by atoms with Gasteiger partial charge in [-0.2, -0.15) is 0 Å². The smallest absolute Gasteiger partial charge is 0.415 e. The van der Waals surface area contributed by atoms with E-state index >= 15 is 0 Å². The van der Waals surface area contributed by atoms with Crippen LogP contribution in [0.3, 0.4) is 0 Å². The third-order valence-electron chi connectivity index (χ3n) is 8.33. The molecule has 2 aliphatic heterocycles. The highest BCUT2D eigenvalue weighted by Gasteiger charge is 2.64. The molecule has 17 heteroatoms. The molecule has 6 unspecified atom stereocenters. The molecule has 2 bridgehead atoms. The molecule has 1 amide bonds. The van der Waals surface area contributed by atoms with E-state index in [1.165, 1.54) is 12.2 Å². The minimum atomic E-state index is -4.05. The molecular weight excluding hydrogens is 711 g/mol. The molecule has 2 aliphatic rings. The fraction of sp³-hybridized carbons (Fsp3) is 0.559. The van der Waals surface area contributed by atoms with Gasteiger partial charge in [0.15, 0.2) is 0 Å². The van der Waals surface area contributed by atoms with Crippen molar-refractivity contribution in [3.8, 4) is 0 Å². The molecule has 0 aromatic carbocycles. The Labute approximate surface area is 304 Å². The van der Waals surface area contributed by atoms with Gasteiger partial charge in [-0.1, -0.05) is 63.5 Å². The first-order valence-corrected chi connectivity index (χ1v) is 22.9. The number of carbonyl (C=O) groups excluding carboxylic acids is 3. The van der Waals surface area contributed by atoms with E-state index in [0.29, 0.717) is 5.76 Å². The highest BCUT2D eigenvalue weighted by Crippen LogP contribution is 2.39. The Morgan fingerprint density at radius 1 is 0.922 bits per heavy atom. The number of isocyanates is 2. The van der Waals surface area contributed by atoms with Crippen LogP contribution < -0.4 is 5.32 Å². The van der Waals surface area contributed by atoms with Crippen LogP contribution in [0, 0.1) is 5.41 Å². The fourth-order valence-electron chi connectivity index (χ4n) is 5.79. The molecule has 282 valence electrons. The van der Waals surface area contributed by atoms with Crippen molar-refractivity contribution in [3.05, 3.63) is 72.6 Å². The average Bonchev–Trinajstić information content (AvgIpc) is 3.24. The monoisotopic (exact) mass is 763 g/mol. The summed E-state index contributed by atoms with van der Waals surface area (Å²) in [5, 5.41) is 2.69. The molecule has 51 heavy (non-hydrogen) atoms. The normalized spacial score (nSPS) is 28.9. The summed E-state index contributed by atoms with van der Waals surface area (Å²) in [6, 6.07) is 0.198. The van der Waals surface area contributed by atoms with E-state index < -0.39 is 50.8 Å². The van der Waals surface area contributed by atoms with Gasteiger partial charge in [-0.3, -0.25) is 0 Å². The minimum absolute atomic E-state index is 0.0322. The second-order valence-electron chi connectivity index (χ2n) is 12.7. The molecule has 0 aromatic heterocycles. The molecule has 0 saturated carbocycles. The summed E-state index contributed by atoms with van der Waals surface area (Å²) in [7, 11) is -12.0. The lowest BCUT2D eigenvalue weighted by Crippen LogP contribution is -2.61. The predicted molar refractivity (Wildman–Crippen MR) is 197 cm³/mol. The Morgan fingerprint density at radius 2 is 1.49 bits per heavy atom. The van der Waals surface area contributed by atoms with Gasteiger partial charge in [-0.05, 0) is 64.2 Å². The molecule has 0 aliphatic carbocycles. The van der Waals surface area contributed by atoms with Crippen LogP contribution in [0.1, 0.15) is 60.8 Å². The van der Waals surface area contributed by atoms with Crippen LogP contribution in [0.2, 0.25) is 18.1 Å². The van der Waals surface area contributed by atoms with Gasteiger partial charge in [0.1, 0.15) is 5.76 Å².